The second-order valence-corrected chi connectivity index (χ2v) is 7.64. The fourth-order valence-electron chi connectivity index (χ4n) is 3.27. The number of aromatic nitrogens is 2. The van der Waals surface area contributed by atoms with Gasteiger partial charge in [0.15, 0.2) is 0 Å². The van der Waals surface area contributed by atoms with E-state index in [1.807, 2.05) is 16.0 Å². The van der Waals surface area contributed by atoms with E-state index in [-0.39, 0.29) is 16.7 Å². The summed E-state index contributed by atoms with van der Waals surface area (Å²) in [5, 5.41) is 5.15. The van der Waals surface area contributed by atoms with Crippen LogP contribution in [0, 0.1) is 5.41 Å². The van der Waals surface area contributed by atoms with Gasteiger partial charge >= 0.3 is 0 Å². The van der Waals surface area contributed by atoms with Crippen LogP contribution >= 0.6 is 11.3 Å². The first kappa shape index (κ1) is 16.2. The summed E-state index contributed by atoms with van der Waals surface area (Å²) in [6.45, 7) is 6.18. The Morgan fingerprint density at radius 1 is 1.52 bits per heavy atom. The van der Waals surface area contributed by atoms with Gasteiger partial charge in [-0.1, -0.05) is 19.9 Å². The van der Waals surface area contributed by atoms with Crippen LogP contribution in [-0.2, 0) is 28.0 Å². The van der Waals surface area contributed by atoms with Gasteiger partial charge in [-0.25, -0.2) is 4.98 Å². The molecule has 0 spiro atoms. The molecule has 0 aliphatic heterocycles. The molecule has 2 heterocycles. The van der Waals surface area contributed by atoms with Crippen molar-refractivity contribution in [3.05, 3.63) is 40.6 Å². The molecule has 1 amide bonds. The first-order chi connectivity index (χ1) is 11.0. The zero-order valence-corrected chi connectivity index (χ0v) is 14.7. The Bertz CT molecular complexity index is 678. The predicted molar refractivity (Wildman–Crippen MR) is 90.3 cm³/mol. The highest BCUT2D eigenvalue weighted by molar-refractivity contribution is 7.10. The zero-order valence-electron chi connectivity index (χ0n) is 13.8. The lowest BCUT2D eigenvalue weighted by Crippen LogP contribution is -2.37. The van der Waals surface area contributed by atoms with E-state index in [0.29, 0.717) is 13.2 Å². The van der Waals surface area contributed by atoms with Crippen molar-refractivity contribution in [2.75, 3.05) is 13.7 Å². The predicted octanol–water partition coefficient (Wildman–Crippen LogP) is 2.58. The third-order valence-electron chi connectivity index (χ3n) is 4.83. The molecule has 1 aliphatic carbocycles. The number of ether oxygens (including phenoxy) is 1. The molecule has 1 atom stereocenters. The molecule has 1 aliphatic rings. The monoisotopic (exact) mass is 333 g/mol. The van der Waals surface area contributed by atoms with Crippen LogP contribution < -0.4 is 5.32 Å². The zero-order chi connectivity index (χ0) is 16.5. The second kappa shape index (κ2) is 6.09. The number of hydrogen-bond acceptors (Lipinski definition) is 4. The van der Waals surface area contributed by atoms with Gasteiger partial charge in [0, 0.05) is 24.7 Å². The van der Waals surface area contributed by atoms with Gasteiger partial charge < -0.3 is 14.6 Å². The van der Waals surface area contributed by atoms with Crippen LogP contribution in [0.25, 0.3) is 0 Å². The lowest BCUT2D eigenvalue weighted by Gasteiger charge is -2.19. The highest BCUT2D eigenvalue weighted by Crippen LogP contribution is 2.65. The number of nitrogens with one attached hydrogen (secondary N) is 1. The van der Waals surface area contributed by atoms with E-state index in [2.05, 4.69) is 30.2 Å². The fraction of sp³-hybridized carbons (Fsp3) is 0.529. The minimum Gasteiger partial charge on any atom is -0.383 e. The number of amides is 1. The summed E-state index contributed by atoms with van der Waals surface area (Å²) in [5.41, 5.74) is 0.631. The first-order valence-electron chi connectivity index (χ1n) is 7.81. The summed E-state index contributed by atoms with van der Waals surface area (Å²) < 4.78 is 7.12. The molecule has 124 valence electrons. The maximum Gasteiger partial charge on any atom is 0.232 e. The minimum absolute atomic E-state index is 0.0121. The van der Waals surface area contributed by atoms with Gasteiger partial charge in [-0.3, -0.25) is 4.79 Å². The van der Waals surface area contributed by atoms with Crippen molar-refractivity contribution in [3.8, 4) is 0 Å². The number of thiophene rings is 1. The van der Waals surface area contributed by atoms with Gasteiger partial charge in [0.25, 0.3) is 0 Å². The lowest BCUT2D eigenvalue weighted by molar-refractivity contribution is -0.124. The summed E-state index contributed by atoms with van der Waals surface area (Å²) in [6, 6.07) is 4.09. The van der Waals surface area contributed by atoms with Crippen molar-refractivity contribution in [1.82, 2.24) is 14.9 Å². The van der Waals surface area contributed by atoms with Crippen LogP contribution in [-0.4, -0.2) is 29.2 Å². The van der Waals surface area contributed by atoms with Crippen LogP contribution in [0.4, 0.5) is 0 Å². The van der Waals surface area contributed by atoms with E-state index < -0.39 is 0 Å². The standard InChI is InChI=1S/C17H23N3O2S/c1-16(2)11-17(16,14-5-4-8-23-14)15(21)19-10-13-9-18-12-20(13)6-7-22-3/h4-5,8-9,12H,6-7,10-11H2,1-3H3,(H,19,21). The largest absolute Gasteiger partial charge is 0.383 e. The fourth-order valence-corrected chi connectivity index (χ4v) is 4.37. The van der Waals surface area contributed by atoms with E-state index >= 15 is 0 Å². The van der Waals surface area contributed by atoms with Crippen LogP contribution in [0.5, 0.6) is 0 Å². The molecule has 0 radical (unpaired) electrons. The number of methoxy groups -OCH3 is 1. The molecule has 6 heteroatoms. The average molecular weight is 333 g/mol. The molecule has 1 unspecified atom stereocenters. The normalized spacial score (nSPS) is 22.0. The Balaban J connectivity index is 1.69. The molecule has 2 aromatic rings. The number of nitrogens with zero attached hydrogens (tertiary/aromatic N) is 2. The molecule has 0 aromatic carbocycles. The Morgan fingerprint density at radius 3 is 2.91 bits per heavy atom. The molecule has 0 saturated heterocycles. The first-order valence-corrected chi connectivity index (χ1v) is 8.69. The van der Waals surface area contributed by atoms with Gasteiger partial charge in [0.2, 0.25) is 5.91 Å². The molecule has 2 aromatic heterocycles. The average Bonchev–Trinajstić information content (AvgIpc) is 2.99. The Kier molecular flexibility index (Phi) is 4.29. The third kappa shape index (κ3) is 2.81. The molecular formula is C17H23N3O2S. The van der Waals surface area contributed by atoms with Gasteiger partial charge in [0.1, 0.15) is 0 Å². The third-order valence-corrected chi connectivity index (χ3v) is 5.86. The topological polar surface area (TPSA) is 56.1 Å². The van der Waals surface area contributed by atoms with E-state index in [9.17, 15) is 4.79 Å². The molecule has 1 fully saturated rings. The lowest BCUT2D eigenvalue weighted by atomic mass is 9.93. The van der Waals surface area contributed by atoms with Crippen molar-refractivity contribution in [1.29, 1.82) is 0 Å². The molecule has 1 N–H and O–H groups in total. The smallest absolute Gasteiger partial charge is 0.232 e. The number of hydrogen-bond donors (Lipinski definition) is 1. The highest BCUT2D eigenvalue weighted by Gasteiger charge is 2.67. The molecule has 0 bridgehead atoms. The van der Waals surface area contributed by atoms with Crippen molar-refractivity contribution >= 4 is 17.2 Å². The number of carbonyl (C=O) groups is 1. The van der Waals surface area contributed by atoms with Crippen molar-refractivity contribution in [2.24, 2.45) is 5.41 Å². The van der Waals surface area contributed by atoms with Crippen LogP contribution in [0.3, 0.4) is 0 Å². The SMILES string of the molecule is COCCn1cncc1CNC(=O)C1(c2cccs2)CC1(C)C. The maximum atomic E-state index is 12.9. The van der Waals surface area contributed by atoms with E-state index in [1.54, 1.807) is 31.0 Å². The Hall–Kier alpha value is -1.66. The van der Waals surface area contributed by atoms with Gasteiger partial charge in [0.05, 0.1) is 30.6 Å². The van der Waals surface area contributed by atoms with Gasteiger partial charge in [-0.2, -0.15) is 0 Å². The second-order valence-electron chi connectivity index (χ2n) is 6.70. The highest BCUT2D eigenvalue weighted by atomic mass is 32.1. The Morgan fingerprint density at radius 2 is 2.30 bits per heavy atom. The van der Waals surface area contributed by atoms with Crippen LogP contribution in [0.1, 0.15) is 30.8 Å². The molecule has 5 nitrogen and oxygen atoms in total. The van der Waals surface area contributed by atoms with Crippen molar-refractivity contribution in [3.63, 3.8) is 0 Å². The number of rotatable bonds is 7. The molecular weight excluding hydrogens is 310 g/mol. The number of imidazole rings is 1. The summed E-state index contributed by atoms with van der Waals surface area (Å²) >= 11 is 1.67. The summed E-state index contributed by atoms with van der Waals surface area (Å²) in [6.07, 6.45) is 4.47. The van der Waals surface area contributed by atoms with Crippen LogP contribution in [0.2, 0.25) is 0 Å². The van der Waals surface area contributed by atoms with Gasteiger partial charge in [-0.15, -0.1) is 11.3 Å². The maximum absolute atomic E-state index is 12.9. The molecule has 23 heavy (non-hydrogen) atoms. The van der Waals surface area contributed by atoms with Crippen LogP contribution in [0.15, 0.2) is 30.0 Å². The molecule has 3 rings (SSSR count). The van der Waals surface area contributed by atoms with Crippen molar-refractivity contribution in [2.45, 2.75) is 38.8 Å². The summed E-state index contributed by atoms with van der Waals surface area (Å²) in [4.78, 5) is 18.2. The minimum atomic E-state index is -0.376. The van der Waals surface area contributed by atoms with Gasteiger partial charge in [-0.05, 0) is 23.3 Å². The quantitative estimate of drug-likeness (QED) is 0.847. The molecule has 1 saturated carbocycles. The van der Waals surface area contributed by atoms with Crippen molar-refractivity contribution < 1.29 is 9.53 Å². The van der Waals surface area contributed by atoms with E-state index in [1.165, 1.54) is 0 Å². The number of carbonyl (C=O) groups excluding carboxylic acids is 1. The summed E-state index contributed by atoms with van der Waals surface area (Å²) in [7, 11) is 1.68. The van der Waals surface area contributed by atoms with E-state index in [0.717, 1.165) is 23.5 Å². The Labute approximate surface area is 140 Å². The van der Waals surface area contributed by atoms with E-state index in [4.69, 9.17) is 4.74 Å². The summed E-state index contributed by atoms with van der Waals surface area (Å²) in [5.74, 6) is 0.115.